The van der Waals surface area contributed by atoms with Crippen molar-refractivity contribution in [2.24, 2.45) is 0 Å². The zero-order valence-electron chi connectivity index (χ0n) is 16.3. The van der Waals surface area contributed by atoms with Gasteiger partial charge < -0.3 is 4.57 Å². The maximum Gasteiger partial charge on any atom is 0.162 e. The highest BCUT2D eigenvalue weighted by Crippen LogP contribution is 2.26. The van der Waals surface area contributed by atoms with E-state index in [0.717, 1.165) is 65.6 Å². The number of ketones is 1. The number of hydrogen-bond donors (Lipinski definition) is 0. The summed E-state index contributed by atoms with van der Waals surface area (Å²) in [5.74, 6) is 1.30. The van der Waals surface area contributed by atoms with Crippen molar-refractivity contribution >= 4 is 27.7 Å². The van der Waals surface area contributed by atoms with Crippen molar-refractivity contribution in [2.75, 3.05) is 0 Å². The van der Waals surface area contributed by atoms with Crippen molar-refractivity contribution in [3.05, 3.63) is 72.2 Å². The number of hydrogen-bond acceptors (Lipinski definition) is 3. The van der Waals surface area contributed by atoms with Crippen LogP contribution in [-0.4, -0.2) is 20.3 Å². The number of aryl methyl sites for hydroxylation is 2. The Morgan fingerprint density at radius 3 is 2.57 bits per heavy atom. The molecule has 0 N–H and O–H groups in total. The first kappa shape index (κ1) is 18.4. The minimum absolute atomic E-state index is 0.201. The lowest BCUT2D eigenvalue weighted by atomic mass is 10.1. The molecular formula is C24H25N3O. The van der Waals surface area contributed by atoms with Crippen LogP contribution in [0.3, 0.4) is 0 Å². The molecule has 4 heteroatoms. The van der Waals surface area contributed by atoms with E-state index < -0.39 is 0 Å². The Morgan fingerprint density at radius 2 is 1.75 bits per heavy atom. The summed E-state index contributed by atoms with van der Waals surface area (Å²) in [6.45, 7) is 2.99. The number of imidazole rings is 1. The number of para-hydroxylation sites is 1. The van der Waals surface area contributed by atoms with E-state index in [-0.39, 0.29) is 5.78 Å². The number of rotatable bonds is 8. The third-order valence-corrected chi connectivity index (χ3v) is 5.19. The molecule has 2 aromatic heterocycles. The second-order valence-electron chi connectivity index (χ2n) is 7.19. The van der Waals surface area contributed by atoms with E-state index in [1.54, 1.807) is 0 Å². The number of aromatic nitrogens is 3. The Kier molecular flexibility index (Phi) is 5.47. The molecule has 4 nitrogen and oxygen atoms in total. The number of carbonyl (C=O) groups excluding carboxylic acids is 1. The molecule has 4 rings (SSSR count). The van der Waals surface area contributed by atoms with Crippen molar-refractivity contribution in [3.8, 4) is 0 Å². The van der Waals surface area contributed by atoms with Gasteiger partial charge in [-0.1, -0.05) is 61.9 Å². The lowest BCUT2D eigenvalue weighted by Gasteiger charge is -2.10. The summed E-state index contributed by atoms with van der Waals surface area (Å²) in [5.41, 5.74) is 3.86. The van der Waals surface area contributed by atoms with E-state index in [0.29, 0.717) is 6.42 Å². The molecule has 0 fully saturated rings. The minimum atomic E-state index is 0.201. The molecular weight excluding hydrogens is 346 g/mol. The van der Waals surface area contributed by atoms with Gasteiger partial charge >= 0.3 is 0 Å². The first-order valence-electron chi connectivity index (χ1n) is 10.1. The largest absolute Gasteiger partial charge is 0.327 e. The van der Waals surface area contributed by atoms with Crippen LogP contribution in [0.25, 0.3) is 21.9 Å². The Hall–Kier alpha value is -3.01. The van der Waals surface area contributed by atoms with Gasteiger partial charge in [0.1, 0.15) is 11.3 Å². The standard InChI is InChI=1S/C24H25N3O/c1-2-3-15-23-26-21-17-25-20-13-8-7-12-19(20)24(21)27(23)16-9-14-22(28)18-10-5-4-6-11-18/h4-8,10-13,17H,2-3,9,14-16H2,1H3. The molecule has 0 amide bonds. The quantitative estimate of drug-likeness (QED) is 0.379. The summed E-state index contributed by atoms with van der Waals surface area (Å²) in [6.07, 6.45) is 6.41. The molecule has 0 aliphatic heterocycles. The number of pyridine rings is 1. The molecule has 0 spiro atoms. The zero-order chi connectivity index (χ0) is 19.3. The van der Waals surface area contributed by atoms with E-state index >= 15 is 0 Å². The molecule has 2 heterocycles. The van der Waals surface area contributed by atoms with Gasteiger partial charge in [0.05, 0.1) is 17.2 Å². The summed E-state index contributed by atoms with van der Waals surface area (Å²) in [7, 11) is 0. The van der Waals surface area contributed by atoms with Gasteiger partial charge in [0.15, 0.2) is 5.78 Å². The highest BCUT2D eigenvalue weighted by molar-refractivity contribution is 6.02. The highest BCUT2D eigenvalue weighted by Gasteiger charge is 2.14. The molecule has 0 aliphatic rings. The molecule has 142 valence electrons. The summed E-state index contributed by atoms with van der Waals surface area (Å²) < 4.78 is 2.31. The number of Topliss-reactive ketones (excluding diaryl/α,β-unsaturated/α-hetero) is 1. The van der Waals surface area contributed by atoms with Crippen LogP contribution in [0.1, 0.15) is 48.8 Å². The van der Waals surface area contributed by atoms with E-state index in [2.05, 4.69) is 22.5 Å². The summed E-state index contributed by atoms with van der Waals surface area (Å²) in [6, 6.07) is 17.8. The Labute approximate surface area is 165 Å². The number of carbonyl (C=O) groups is 1. The van der Waals surface area contributed by atoms with Crippen molar-refractivity contribution < 1.29 is 4.79 Å². The molecule has 0 saturated carbocycles. The van der Waals surface area contributed by atoms with Crippen LogP contribution in [0.5, 0.6) is 0 Å². The van der Waals surface area contributed by atoms with Crippen LogP contribution in [-0.2, 0) is 13.0 Å². The van der Waals surface area contributed by atoms with Crippen LogP contribution in [0, 0.1) is 0 Å². The van der Waals surface area contributed by atoms with Crippen molar-refractivity contribution in [1.29, 1.82) is 0 Å². The smallest absolute Gasteiger partial charge is 0.162 e. The molecule has 0 unspecified atom stereocenters. The van der Waals surface area contributed by atoms with Crippen molar-refractivity contribution in [3.63, 3.8) is 0 Å². The molecule has 2 aromatic carbocycles. The topological polar surface area (TPSA) is 47.8 Å². The van der Waals surface area contributed by atoms with Gasteiger partial charge in [-0.25, -0.2) is 4.98 Å². The zero-order valence-corrected chi connectivity index (χ0v) is 16.3. The van der Waals surface area contributed by atoms with E-state index in [4.69, 9.17) is 4.98 Å². The summed E-state index contributed by atoms with van der Waals surface area (Å²) >= 11 is 0. The SMILES string of the molecule is CCCCc1nc2cnc3ccccc3c2n1CCCC(=O)c1ccccc1. The van der Waals surface area contributed by atoms with Gasteiger partial charge in [-0.2, -0.15) is 0 Å². The van der Waals surface area contributed by atoms with Gasteiger partial charge in [0.25, 0.3) is 0 Å². The van der Waals surface area contributed by atoms with Crippen LogP contribution in [0.15, 0.2) is 60.8 Å². The lowest BCUT2D eigenvalue weighted by Crippen LogP contribution is -2.07. The average Bonchev–Trinajstić information content (AvgIpc) is 3.10. The first-order valence-corrected chi connectivity index (χ1v) is 10.1. The van der Waals surface area contributed by atoms with Crippen LogP contribution in [0.2, 0.25) is 0 Å². The number of benzene rings is 2. The third-order valence-electron chi connectivity index (χ3n) is 5.19. The maximum absolute atomic E-state index is 12.5. The van der Waals surface area contributed by atoms with Crippen molar-refractivity contribution in [1.82, 2.24) is 14.5 Å². The van der Waals surface area contributed by atoms with Gasteiger partial charge in [-0.15, -0.1) is 0 Å². The molecule has 0 atom stereocenters. The van der Waals surface area contributed by atoms with Crippen LogP contribution in [0.4, 0.5) is 0 Å². The van der Waals surface area contributed by atoms with Gasteiger partial charge in [0, 0.05) is 30.3 Å². The fourth-order valence-corrected chi connectivity index (χ4v) is 3.74. The predicted octanol–water partition coefficient (Wildman–Crippen LogP) is 5.59. The predicted molar refractivity (Wildman–Crippen MR) is 114 cm³/mol. The monoisotopic (exact) mass is 371 g/mol. The number of nitrogens with zero attached hydrogens (tertiary/aromatic N) is 3. The summed E-state index contributed by atoms with van der Waals surface area (Å²) in [4.78, 5) is 21.9. The minimum Gasteiger partial charge on any atom is -0.327 e. The molecule has 28 heavy (non-hydrogen) atoms. The van der Waals surface area contributed by atoms with E-state index in [9.17, 15) is 4.79 Å². The van der Waals surface area contributed by atoms with Crippen LogP contribution >= 0.6 is 0 Å². The normalized spacial score (nSPS) is 11.3. The molecule has 0 aliphatic carbocycles. The van der Waals surface area contributed by atoms with Crippen molar-refractivity contribution in [2.45, 2.75) is 45.6 Å². The van der Waals surface area contributed by atoms with Crippen LogP contribution < -0.4 is 0 Å². The summed E-state index contributed by atoms with van der Waals surface area (Å²) in [5, 5.41) is 1.13. The second kappa shape index (κ2) is 8.34. The Morgan fingerprint density at radius 1 is 0.964 bits per heavy atom. The first-order chi connectivity index (χ1) is 13.8. The lowest BCUT2D eigenvalue weighted by molar-refractivity contribution is 0.0978. The molecule has 0 saturated heterocycles. The number of fused-ring (bicyclic) bond motifs is 3. The van der Waals surface area contributed by atoms with E-state index in [1.807, 2.05) is 54.7 Å². The maximum atomic E-state index is 12.5. The second-order valence-corrected chi connectivity index (χ2v) is 7.19. The van der Waals surface area contributed by atoms with Gasteiger partial charge in [0.2, 0.25) is 0 Å². The fourth-order valence-electron chi connectivity index (χ4n) is 3.74. The Balaban J connectivity index is 1.63. The molecule has 0 bridgehead atoms. The molecule has 0 radical (unpaired) electrons. The average molecular weight is 371 g/mol. The molecule has 4 aromatic rings. The van der Waals surface area contributed by atoms with Gasteiger partial charge in [-0.3, -0.25) is 9.78 Å². The van der Waals surface area contributed by atoms with Gasteiger partial charge in [-0.05, 0) is 18.9 Å². The number of unbranched alkanes of at least 4 members (excludes halogenated alkanes) is 1. The van der Waals surface area contributed by atoms with E-state index in [1.165, 1.54) is 0 Å². The Bertz CT molecular complexity index is 1100. The third kappa shape index (κ3) is 3.68. The highest BCUT2D eigenvalue weighted by atomic mass is 16.1. The fraction of sp³-hybridized carbons (Fsp3) is 0.292.